The molecular weight excluding hydrogens is 452 g/mol. The van der Waals surface area contributed by atoms with Crippen LogP contribution in [0.25, 0.3) is 0 Å². The van der Waals surface area contributed by atoms with Crippen molar-refractivity contribution in [3.05, 3.63) is 65.2 Å². The van der Waals surface area contributed by atoms with Crippen molar-refractivity contribution >= 4 is 23.4 Å². The first kappa shape index (κ1) is 25.7. The molecule has 36 heavy (non-hydrogen) atoms. The minimum absolute atomic E-state index is 0.0400. The molecule has 1 aliphatic carbocycles. The number of piperazine rings is 1. The lowest BCUT2D eigenvalue weighted by Crippen LogP contribution is -2.67. The maximum atomic E-state index is 14.2. The maximum absolute atomic E-state index is 14.2. The summed E-state index contributed by atoms with van der Waals surface area (Å²) < 4.78 is 0. The Morgan fingerprint density at radius 3 is 2.14 bits per heavy atom. The second-order valence-corrected chi connectivity index (χ2v) is 10.8. The normalized spacial score (nSPS) is 20.9. The molecule has 3 N–H and O–H groups in total. The summed E-state index contributed by atoms with van der Waals surface area (Å²) in [5.74, 6) is -0.504. The van der Waals surface area contributed by atoms with Crippen molar-refractivity contribution in [2.24, 2.45) is 11.8 Å². The summed E-state index contributed by atoms with van der Waals surface area (Å²) in [6.07, 6.45) is 1.94. The lowest BCUT2D eigenvalue weighted by atomic mass is 9.88. The second kappa shape index (κ2) is 10.7. The molecule has 3 amide bonds. The van der Waals surface area contributed by atoms with Crippen LogP contribution in [0.3, 0.4) is 0 Å². The monoisotopic (exact) mass is 490 g/mol. The van der Waals surface area contributed by atoms with E-state index in [1.165, 1.54) is 11.1 Å². The van der Waals surface area contributed by atoms with E-state index in [-0.39, 0.29) is 35.6 Å². The van der Waals surface area contributed by atoms with Crippen LogP contribution >= 0.6 is 0 Å². The molecule has 0 aromatic heterocycles. The third-order valence-corrected chi connectivity index (χ3v) is 7.18. The predicted molar refractivity (Wildman–Crippen MR) is 141 cm³/mol. The Labute approximate surface area is 214 Å². The van der Waals surface area contributed by atoms with Crippen molar-refractivity contribution < 1.29 is 14.4 Å². The van der Waals surface area contributed by atoms with Crippen LogP contribution in [0.1, 0.15) is 56.8 Å². The Morgan fingerprint density at radius 1 is 1.00 bits per heavy atom. The standard InChI is InChI=1S/C29H38N4O3/c1-17(2)14-24-27(34)32-25(22-15-20-8-6-7-9-21(20)16-22)29(36)33(24)26(28(35)31-18(3)4)19-10-12-23(30-5)13-11-19/h6-13,17-18,22,24-26,30H,14-16H2,1-5H3,(H,31,35)(H,32,34)/t24-,25?,26-/m1/s1. The van der Waals surface area contributed by atoms with Gasteiger partial charge in [-0.1, -0.05) is 50.2 Å². The number of rotatable bonds is 8. The van der Waals surface area contributed by atoms with Crippen molar-refractivity contribution in [2.75, 3.05) is 12.4 Å². The molecule has 2 aromatic carbocycles. The number of carbonyl (C=O) groups excluding carboxylic acids is 3. The molecule has 4 rings (SSSR count). The average Bonchev–Trinajstić information content (AvgIpc) is 3.27. The number of nitrogens with one attached hydrogen (secondary N) is 3. The highest BCUT2D eigenvalue weighted by Crippen LogP contribution is 2.35. The van der Waals surface area contributed by atoms with E-state index in [1.54, 1.807) is 4.90 Å². The lowest BCUT2D eigenvalue weighted by molar-refractivity contribution is -0.158. The van der Waals surface area contributed by atoms with Gasteiger partial charge in [0.05, 0.1) is 0 Å². The zero-order chi connectivity index (χ0) is 26.0. The molecule has 2 aliphatic rings. The summed E-state index contributed by atoms with van der Waals surface area (Å²) in [6.45, 7) is 7.85. The van der Waals surface area contributed by atoms with Crippen molar-refractivity contribution in [1.82, 2.24) is 15.5 Å². The number of benzene rings is 2. The number of anilines is 1. The Morgan fingerprint density at radius 2 is 1.61 bits per heavy atom. The van der Waals surface area contributed by atoms with Gasteiger partial charge in [0.25, 0.3) is 0 Å². The van der Waals surface area contributed by atoms with Gasteiger partial charge in [-0.2, -0.15) is 0 Å². The van der Waals surface area contributed by atoms with Crippen LogP contribution < -0.4 is 16.0 Å². The minimum Gasteiger partial charge on any atom is -0.388 e. The number of amides is 3. The Bertz CT molecular complexity index is 1090. The van der Waals surface area contributed by atoms with Gasteiger partial charge >= 0.3 is 0 Å². The maximum Gasteiger partial charge on any atom is 0.247 e. The first-order chi connectivity index (χ1) is 17.2. The largest absolute Gasteiger partial charge is 0.388 e. The van der Waals surface area contributed by atoms with E-state index in [4.69, 9.17) is 0 Å². The van der Waals surface area contributed by atoms with E-state index in [2.05, 4.69) is 28.1 Å². The highest BCUT2D eigenvalue weighted by molar-refractivity contribution is 6.00. The average molecular weight is 491 g/mol. The zero-order valence-corrected chi connectivity index (χ0v) is 21.9. The van der Waals surface area contributed by atoms with Crippen LogP contribution in [-0.2, 0) is 27.2 Å². The summed E-state index contributed by atoms with van der Waals surface area (Å²) in [6, 6.07) is 13.3. The van der Waals surface area contributed by atoms with Gasteiger partial charge in [0.1, 0.15) is 18.1 Å². The molecule has 0 radical (unpaired) electrons. The van der Waals surface area contributed by atoms with Crippen molar-refractivity contribution in [2.45, 2.75) is 71.1 Å². The van der Waals surface area contributed by atoms with Crippen LogP contribution in [0.4, 0.5) is 5.69 Å². The van der Waals surface area contributed by atoms with Gasteiger partial charge in [-0.05, 0) is 73.8 Å². The highest BCUT2D eigenvalue weighted by Gasteiger charge is 2.49. The Balaban J connectivity index is 1.74. The molecule has 7 nitrogen and oxygen atoms in total. The number of hydrogen-bond donors (Lipinski definition) is 3. The van der Waals surface area contributed by atoms with E-state index in [0.717, 1.165) is 18.5 Å². The quantitative estimate of drug-likeness (QED) is 0.529. The second-order valence-electron chi connectivity index (χ2n) is 10.8. The number of fused-ring (bicyclic) bond motifs is 1. The number of nitrogens with zero attached hydrogens (tertiary/aromatic N) is 1. The molecule has 1 saturated heterocycles. The van der Waals surface area contributed by atoms with Crippen LogP contribution in [0.2, 0.25) is 0 Å². The summed E-state index contributed by atoms with van der Waals surface area (Å²) in [5.41, 5.74) is 4.04. The molecule has 2 aromatic rings. The van der Waals surface area contributed by atoms with Crippen LogP contribution in [-0.4, -0.2) is 47.8 Å². The predicted octanol–water partition coefficient (Wildman–Crippen LogP) is 3.45. The third-order valence-electron chi connectivity index (χ3n) is 7.18. The summed E-state index contributed by atoms with van der Waals surface area (Å²) in [4.78, 5) is 43.0. The summed E-state index contributed by atoms with van der Waals surface area (Å²) in [5, 5.41) is 9.15. The van der Waals surface area contributed by atoms with Crippen LogP contribution in [0.15, 0.2) is 48.5 Å². The van der Waals surface area contributed by atoms with E-state index in [1.807, 2.05) is 71.1 Å². The van der Waals surface area contributed by atoms with E-state index < -0.39 is 18.1 Å². The molecule has 1 fully saturated rings. The number of carbonyl (C=O) groups is 3. The first-order valence-electron chi connectivity index (χ1n) is 13.0. The number of hydrogen-bond acceptors (Lipinski definition) is 4. The molecule has 3 atom stereocenters. The fourth-order valence-electron chi connectivity index (χ4n) is 5.51. The summed E-state index contributed by atoms with van der Waals surface area (Å²) >= 11 is 0. The Kier molecular flexibility index (Phi) is 7.67. The fourth-order valence-corrected chi connectivity index (χ4v) is 5.51. The van der Waals surface area contributed by atoms with E-state index >= 15 is 0 Å². The van der Waals surface area contributed by atoms with Gasteiger partial charge in [-0.15, -0.1) is 0 Å². The molecule has 0 spiro atoms. The molecule has 1 aliphatic heterocycles. The molecule has 0 bridgehead atoms. The fraction of sp³-hybridized carbons (Fsp3) is 0.483. The molecule has 7 heteroatoms. The summed E-state index contributed by atoms with van der Waals surface area (Å²) in [7, 11) is 1.83. The van der Waals surface area contributed by atoms with Gasteiger partial charge in [0.15, 0.2) is 0 Å². The van der Waals surface area contributed by atoms with Gasteiger partial charge in [0.2, 0.25) is 17.7 Å². The highest BCUT2D eigenvalue weighted by atomic mass is 16.2. The third kappa shape index (κ3) is 5.25. The van der Waals surface area contributed by atoms with E-state index in [9.17, 15) is 14.4 Å². The van der Waals surface area contributed by atoms with Gasteiger partial charge in [-0.25, -0.2) is 0 Å². The van der Waals surface area contributed by atoms with Crippen molar-refractivity contribution in [3.63, 3.8) is 0 Å². The topological polar surface area (TPSA) is 90.5 Å². The molecular formula is C29H38N4O3. The molecule has 1 heterocycles. The molecule has 0 saturated carbocycles. The minimum atomic E-state index is -0.896. The van der Waals surface area contributed by atoms with Crippen molar-refractivity contribution in [1.29, 1.82) is 0 Å². The van der Waals surface area contributed by atoms with Crippen LogP contribution in [0, 0.1) is 11.8 Å². The van der Waals surface area contributed by atoms with Crippen LogP contribution in [0.5, 0.6) is 0 Å². The zero-order valence-electron chi connectivity index (χ0n) is 21.9. The Hall–Kier alpha value is -3.35. The van der Waals surface area contributed by atoms with Gasteiger partial charge in [-0.3, -0.25) is 14.4 Å². The molecule has 1 unspecified atom stereocenters. The van der Waals surface area contributed by atoms with Gasteiger partial charge in [0, 0.05) is 18.8 Å². The SMILES string of the molecule is CNc1ccc([C@H](C(=O)NC(C)C)N2C(=O)C(C3Cc4ccccc4C3)NC(=O)[C@H]2CC(C)C)cc1. The lowest BCUT2D eigenvalue weighted by Gasteiger charge is -2.45. The molecule has 192 valence electrons. The van der Waals surface area contributed by atoms with Gasteiger partial charge < -0.3 is 20.9 Å². The van der Waals surface area contributed by atoms with Crippen molar-refractivity contribution in [3.8, 4) is 0 Å². The first-order valence-corrected chi connectivity index (χ1v) is 13.0. The van der Waals surface area contributed by atoms with E-state index in [0.29, 0.717) is 12.0 Å². The smallest absolute Gasteiger partial charge is 0.247 e.